The number of halogens is 2. The van der Waals surface area contributed by atoms with E-state index < -0.39 is 17.5 Å². The number of aromatic nitrogens is 1. The number of amides is 2. The first-order chi connectivity index (χ1) is 12.5. The number of carbonyl (C=O) groups is 2. The Kier molecular flexibility index (Phi) is 5.69. The van der Waals surface area contributed by atoms with Gasteiger partial charge in [0.15, 0.2) is 16.8 Å². The normalized spacial score (nSPS) is 10.5. The Bertz CT molecular complexity index is 926. The second-order valence-electron chi connectivity index (χ2n) is 5.30. The van der Waals surface area contributed by atoms with Gasteiger partial charge in [-0.15, -0.1) is 22.7 Å². The highest BCUT2D eigenvalue weighted by atomic mass is 32.1. The topological polar surface area (TPSA) is 71.1 Å². The maximum Gasteiger partial charge on any atom is 0.231 e. The van der Waals surface area contributed by atoms with Crippen LogP contribution < -0.4 is 10.6 Å². The number of thiophene rings is 1. The van der Waals surface area contributed by atoms with Gasteiger partial charge in [-0.05, 0) is 23.6 Å². The number of rotatable bonds is 6. The Morgan fingerprint density at radius 3 is 2.54 bits per heavy atom. The van der Waals surface area contributed by atoms with Gasteiger partial charge in [0.05, 0.1) is 18.5 Å². The van der Waals surface area contributed by atoms with Crippen LogP contribution in [0.1, 0.15) is 10.6 Å². The van der Waals surface area contributed by atoms with E-state index in [9.17, 15) is 18.4 Å². The van der Waals surface area contributed by atoms with Crippen molar-refractivity contribution >= 4 is 45.3 Å². The fraction of sp³-hybridized carbons (Fsp3) is 0.118. The highest BCUT2D eigenvalue weighted by Crippen LogP contribution is 2.18. The van der Waals surface area contributed by atoms with Crippen LogP contribution in [-0.2, 0) is 22.4 Å². The maximum absolute atomic E-state index is 13.1. The molecular formula is C17H13F2N3O2S2. The van der Waals surface area contributed by atoms with Gasteiger partial charge in [-0.25, -0.2) is 13.8 Å². The number of thiazole rings is 1. The average molecular weight is 393 g/mol. The molecule has 0 saturated heterocycles. The third-order valence-electron chi connectivity index (χ3n) is 3.26. The molecule has 0 aliphatic carbocycles. The average Bonchev–Trinajstić information content (AvgIpc) is 3.23. The summed E-state index contributed by atoms with van der Waals surface area (Å²) in [6, 6.07) is 6.87. The van der Waals surface area contributed by atoms with E-state index >= 15 is 0 Å². The van der Waals surface area contributed by atoms with Crippen LogP contribution in [0.5, 0.6) is 0 Å². The molecule has 2 heterocycles. The molecule has 9 heteroatoms. The van der Waals surface area contributed by atoms with Crippen molar-refractivity contribution in [3.8, 4) is 0 Å². The molecule has 2 aromatic heterocycles. The first-order valence-corrected chi connectivity index (χ1v) is 9.27. The van der Waals surface area contributed by atoms with Crippen molar-refractivity contribution in [3.05, 3.63) is 63.3 Å². The summed E-state index contributed by atoms with van der Waals surface area (Å²) in [5.74, 6) is -2.62. The maximum atomic E-state index is 13.1. The SMILES string of the molecule is O=C(Cc1csc(NC(=O)Cc2cccs2)n1)Nc1ccc(F)c(F)c1. The molecule has 0 radical (unpaired) electrons. The van der Waals surface area contributed by atoms with E-state index in [1.807, 2.05) is 17.5 Å². The third-order valence-corrected chi connectivity index (χ3v) is 4.94. The second-order valence-corrected chi connectivity index (χ2v) is 7.19. The van der Waals surface area contributed by atoms with E-state index in [0.29, 0.717) is 10.8 Å². The van der Waals surface area contributed by atoms with Gasteiger partial charge in [-0.2, -0.15) is 0 Å². The van der Waals surface area contributed by atoms with E-state index in [-0.39, 0.29) is 24.4 Å². The molecule has 2 N–H and O–H groups in total. The molecule has 26 heavy (non-hydrogen) atoms. The van der Waals surface area contributed by atoms with Crippen LogP contribution in [0.25, 0.3) is 0 Å². The van der Waals surface area contributed by atoms with E-state index in [1.165, 1.54) is 28.7 Å². The minimum Gasteiger partial charge on any atom is -0.326 e. The predicted molar refractivity (Wildman–Crippen MR) is 97.5 cm³/mol. The van der Waals surface area contributed by atoms with Crippen LogP contribution >= 0.6 is 22.7 Å². The molecule has 3 rings (SSSR count). The summed E-state index contributed by atoms with van der Waals surface area (Å²) in [6.45, 7) is 0. The summed E-state index contributed by atoms with van der Waals surface area (Å²) >= 11 is 2.71. The van der Waals surface area contributed by atoms with Crippen LogP contribution in [-0.4, -0.2) is 16.8 Å². The number of hydrogen-bond donors (Lipinski definition) is 2. The van der Waals surface area contributed by atoms with E-state index in [2.05, 4.69) is 15.6 Å². The predicted octanol–water partition coefficient (Wildman–Crippen LogP) is 3.85. The van der Waals surface area contributed by atoms with E-state index in [0.717, 1.165) is 17.0 Å². The molecule has 3 aromatic rings. The van der Waals surface area contributed by atoms with Crippen LogP contribution in [0.2, 0.25) is 0 Å². The van der Waals surface area contributed by atoms with Crippen LogP contribution in [0, 0.1) is 11.6 Å². The lowest BCUT2D eigenvalue weighted by Crippen LogP contribution is -2.15. The van der Waals surface area contributed by atoms with Crippen LogP contribution in [0.15, 0.2) is 41.1 Å². The molecule has 0 atom stereocenters. The van der Waals surface area contributed by atoms with Gasteiger partial charge in [-0.3, -0.25) is 9.59 Å². The lowest BCUT2D eigenvalue weighted by atomic mass is 10.2. The van der Waals surface area contributed by atoms with Crippen molar-refractivity contribution < 1.29 is 18.4 Å². The van der Waals surface area contributed by atoms with Crippen molar-refractivity contribution in [1.82, 2.24) is 4.98 Å². The van der Waals surface area contributed by atoms with Crippen molar-refractivity contribution in [2.24, 2.45) is 0 Å². The zero-order valence-corrected chi connectivity index (χ0v) is 14.9. The number of nitrogens with one attached hydrogen (secondary N) is 2. The molecule has 0 aliphatic rings. The molecule has 0 unspecified atom stereocenters. The van der Waals surface area contributed by atoms with Crippen molar-refractivity contribution in [1.29, 1.82) is 0 Å². The summed E-state index contributed by atoms with van der Waals surface area (Å²) in [5.41, 5.74) is 0.634. The zero-order chi connectivity index (χ0) is 18.5. The monoisotopic (exact) mass is 393 g/mol. The lowest BCUT2D eigenvalue weighted by molar-refractivity contribution is -0.116. The molecule has 1 aromatic carbocycles. The minimum absolute atomic E-state index is 0.0453. The van der Waals surface area contributed by atoms with Gasteiger partial charge in [0, 0.05) is 22.0 Å². The number of anilines is 2. The highest BCUT2D eigenvalue weighted by molar-refractivity contribution is 7.14. The van der Waals surface area contributed by atoms with E-state index in [4.69, 9.17) is 0 Å². The molecular weight excluding hydrogens is 380 g/mol. The summed E-state index contributed by atoms with van der Waals surface area (Å²) in [7, 11) is 0. The standard InChI is InChI=1S/C17H13F2N3O2S2/c18-13-4-3-10(6-14(13)19)20-15(23)7-11-9-26-17(21-11)22-16(24)8-12-2-1-5-25-12/h1-6,9H,7-8H2,(H,20,23)(H,21,22,24). The van der Waals surface area contributed by atoms with E-state index in [1.54, 1.807) is 5.38 Å². The third kappa shape index (κ3) is 4.93. The number of benzene rings is 1. The Balaban J connectivity index is 1.53. The largest absolute Gasteiger partial charge is 0.326 e. The van der Waals surface area contributed by atoms with Crippen LogP contribution in [0.4, 0.5) is 19.6 Å². The first kappa shape index (κ1) is 18.2. The Labute approximate surface area is 155 Å². The smallest absolute Gasteiger partial charge is 0.231 e. The molecule has 2 amide bonds. The Hall–Kier alpha value is -2.65. The molecule has 5 nitrogen and oxygen atoms in total. The van der Waals surface area contributed by atoms with Crippen LogP contribution in [0.3, 0.4) is 0 Å². The number of carbonyl (C=O) groups excluding carboxylic acids is 2. The quantitative estimate of drug-likeness (QED) is 0.668. The van der Waals surface area contributed by atoms with Gasteiger partial charge in [-0.1, -0.05) is 6.07 Å². The zero-order valence-electron chi connectivity index (χ0n) is 13.3. The molecule has 134 valence electrons. The second kappa shape index (κ2) is 8.15. The Morgan fingerprint density at radius 1 is 1.00 bits per heavy atom. The molecule has 0 saturated carbocycles. The minimum atomic E-state index is -1.04. The van der Waals surface area contributed by atoms with Gasteiger partial charge in [0.25, 0.3) is 0 Å². The summed E-state index contributed by atoms with van der Waals surface area (Å²) in [6.07, 6.45) is 0.222. The summed E-state index contributed by atoms with van der Waals surface area (Å²) in [4.78, 5) is 29.0. The Morgan fingerprint density at radius 2 is 1.81 bits per heavy atom. The number of hydrogen-bond acceptors (Lipinski definition) is 5. The summed E-state index contributed by atoms with van der Waals surface area (Å²) in [5, 5.41) is 9.12. The van der Waals surface area contributed by atoms with Gasteiger partial charge in [0.1, 0.15) is 0 Å². The molecule has 0 bridgehead atoms. The van der Waals surface area contributed by atoms with Crippen molar-refractivity contribution in [2.75, 3.05) is 10.6 Å². The summed E-state index contributed by atoms with van der Waals surface area (Å²) < 4.78 is 26.0. The molecule has 0 aliphatic heterocycles. The molecule has 0 spiro atoms. The molecule has 0 fully saturated rings. The fourth-order valence-electron chi connectivity index (χ4n) is 2.12. The lowest BCUT2D eigenvalue weighted by Gasteiger charge is -2.04. The number of nitrogens with zero attached hydrogens (tertiary/aromatic N) is 1. The highest BCUT2D eigenvalue weighted by Gasteiger charge is 2.12. The van der Waals surface area contributed by atoms with Gasteiger partial charge < -0.3 is 10.6 Å². The van der Waals surface area contributed by atoms with Gasteiger partial charge >= 0.3 is 0 Å². The van der Waals surface area contributed by atoms with Gasteiger partial charge in [0.2, 0.25) is 11.8 Å². The fourth-order valence-corrected chi connectivity index (χ4v) is 3.55. The van der Waals surface area contributed by atoms with Crippen molar-refractivity contribution in [2.45, 2.75) is 12.8 Å². The van der Waals surface area contributed by atoms with Crippen molar-refractivity contribution in [3.63, 3.8) is 0 Å². The first-order valence-electron chi connectivity index (χ1n) is 7.51.